The van der Waals surface area contributed by atoms with E-state index in [1.807, 2.05) is 37.0 Å². The van der Waals surface area contributed by atoms with Crippen LogP contribution in [0.1, 0.15) is 54.4 Å². The van der Waals surface area contributed by atoms with Gasteiger partial charge in [0.1, 0.15) is 10.4 Å². The van der Waals surface area contributed by atoms with Crippen LogP contribution in [0.2, 0.25) is 5.02 Å². The first-order valence-corrected chi connectivity index (χ1v) is 15.9. The van der Waals surface area contributed by atoms with Crippen LogP contribution >= 0.6 is 34.7 Å². The Kier molecular flexibility index (Phi) is 12.6. The molecule has 0 spiro atoms. The predicted octanol–water partition coefficient (Wildman–Crippen LogP) is 7.06. The van der Waals surface area contributed by atoms with E-state index in [0.29, 0.717) is 5.75 Å². The van der Waals surface area contributed by atoms with Crippen molar-refractivity contribution in [3.63, 3.8) is 0 Å². The van der Waals surface area contributed by atoms with Crippen molar-refractivity contribution in [2.24, 2.45) is 0 Å². The molecule has 0 bridgehead atoms. The van der Waals surface area contributed by atoms with Crippen LogP contribution < -0.4 is 0 Å². The van der Waals surface area contributed by atoms with Gasteiger partial charge in [0.2, 0.25) is 5.91 Å². The Hall–Kier alpha value is -1.90. The van der Waals surface area contributed by atoms with E-state index in [-0.39, 0.29) is 11.3 Å². The SMILES string of the molecule is C=C/C(=C\C=C/CC)c1nc(CN2CCN(CCN3C(=O)CSC3c3c(C)cccc3Cl)CC2)cs1.CC. The van der Waals surface area contributed by atoms with Crippen molar-refractivity contribution in [2.45, 2.75) is 46.0 Å². The number of halogens is 1. The first kappa shape index (κ1) is 30.6. The molecule has 206 valence electrons. The standard InChI is InChI=1S/C28H35ClN4OS2.C2H6/c1-4-6-7-10-22(5-2)27-30-23(19-35-27)18-32-14-12-31(13-15-32)16-17-33-25(34)20-36-28(33)26-21(3)9-8-11-24(26)29;1-2/h5-11,19,28H,2,4,12-18,20H2,1,3H3;1-2H3/b7-6-,22-10+;. The molecule has 2 aliphatic heterocycles. The van der Waals surface area contributed by atoms with E-state index in [0.717, 1.165) is 84.7 Å². The summed E-state index contributed by atoms with van der Waals surface area (Å²) in [7, 11) is 0. The predicted molar refractivity (Wildman–Crippen MR) is 166 cm³/mol. The summed E-state index contributed by atoms with van der Waals surface area (Å²) < 4.78 is 0. The third-order valence-corrected chi connectivity index (χ3v) is 9.15. The summed E-state index contributed by atoms with van der Waals surface area (Å²) in [4.78, 5) is 24.5. The van der Waals surface area contributed by atoms with E-state index < -0.39 is 0 Å². The van der Waals surface area contributed by atoms with E-state index in [1.165, 1.54) is 0 Å². The van der Waals surface area contributed by atoms with Gasteiger partial charge in [-0.05, 0) is 25.0 Å². The van der Waals surface area contributed by atoms with Gasteiger partial charge in [0.05, 0.1) is 11.4 Å². The zero-order chi connectivity index (χ0) is 27.5. The maximum Gasteiger partial charge on any atom is 0.233 e. The lowest BCUT2D eigenvalue weighted by Gasteiger charge is -2.36. The van der Waals surface area contributed by atoms with E-state index >= 15 is 0 Å². The number of amides is 1. The first-order chi connectivity index (χ1) is 18.5. The second kappa shape index (κ2) is 15.6. The van der Waals surface area contributed by atoms with Crippen molar-refractivity contribution < 1.29 is 4.79 Å². The number of benzene rings is 1. The van der Waals surface area contributed by atoms with Gasteiger partial charge in [-0.3, -0.25) is 14.6 Å². The average molecular weight is 573 g/mol. The summed E-state index contributed by atoms with van der Waals surface area (Å²) in [5.74, 6) is 0.733. The molecule has 2 aromatic rings. The maximum absolute atomic E-state index is 12.7. The van der Waals surface area contributed by atoms with Crippen LogP contribution in [0.15, 0.2) is 54.5 Å². The van der Waals surface area contributed by atoms with Crippen LogP contribution in [-0.4, -0.2) is 70.6 Å². The summed E-state index contributed by atoms with van der Waals surface area (Å²) in [5, 5.41) is 3.95. The Morgan fingerprint density at radius 1 is 1.18 bits per heavy atom. The van der Waals surface area contributed by atoms with Crippen LogP contribution in [0, 0.1) is 6.92 Å². The number of aromatic nitrogens is 1. The number of piperazine rings is 1. The number of aryl methyl sites for hydroxylation is 1. The fourth-order valence-electron chi connectivity index (χ4n) is 4.59. The van der Waals surface area contributed by atoms with Gasteiger partial charge in [-0.15, -0.1) is 23.1 Å². The molecule has 1 amide bonds. The highest BCUT2D eigenvalue weighted by atomic mass is 35.5. The number of carbonyl (C=O) groups is 1. The van der Waals surface area contributed by atoms with Crippen LogP contribution in [0.3, 0.4) is 0 Å². The van der Waals surface area contributed by atoms with Gasteiger partial charge in [0.25, 0.3) is 0 Å². The fraction of sp³-hybridized carbons (Fsp3) is 0.467. The lowest BCUT2D eigenvalue weighted by atomic mass is 10.1. The first-order valence-electron chi connectivity index (χ1n) is 13.5. The molecular weight excluding hydrogens is 532 g/mol. The minimum atomic E-state index is 0.0123. The molecule has 2 aliphatic rings. The summed E-state index contributed by atoms with van der Waals surface area (Å²) in [6.07, 6.45) is 9.18. The van der Waals surface area contributed by atoms with Crippen LogP contribution in [0.5, 0.6) is 0 Å². The molecule has 1 aromatic carbocycles. The molecule has 0 aliphatic carbocycles. The highest BCUT2D eigenvalue weighted by Crippen LogP contribution is 2.42. The van der Waals surface area contributed by atoms with Crippen molar-refractivity contribution in [1.82, 2.24) is 19.7 Å². The summed E-state index contributed by atoms with van der Waals surface area (Å²) in [5.41, 5.74) is 4.42. The molecule has 4 rings (SSSR count). The molecule has 1 aromatic heterocycles. The molecule has 3 heterocycles. The number of allylic oxidation sites excluding steroid dienone is 5. The Labute approximate surface area is 242 Å². The van der Waals surface area contributed by atoms with E-state index in [9.17, 15) is 4.79 Å². The number of thioether (sulfide) groups is 1. The molecule has 0 saturated carbocycles. The maximum atomic E-state index is 12.7. The minimum absolute atomic E-state index is 0.0123. The van der Waals surface area contributed by atoms with Crippen molar-refractivity contribution >= 4 is 46.2 Å². The van der Waals surface area contributed by atoms with E-state index in [2.05, 4.69) is 59.9 Å². The van der Waals surface area contributed by atoms with Gasteiger partial charge in [0, 0.05) is 67.4 Å². The Morgan fingerprint density at radius 2 is 1.92 bits per heavy atom. The van der Waals surface area contributed by atoms with Gasteiger partial charge in [-0.1, -0.05) is 75.4 Å². The Morgan fingerprint density at radius 3 is 2.61 bits per heavy atom. The van der Waals surface area contributed by atoms with Crippen LogP contribution in [0.4, 0.5) is 0 Å². The molecule has 0 N–H and O–H groups in total. The highest BCUT2D eigenvalue weighted by molar-refractivity contribution is 8.00. The number of hydrogen-bond acceptors (Lipinski definition) is 6. The molecule has 8 heteroatoms. The monoisotopic (exact) mass is 572 g/mol. The van der Waals surface area contributed by atoms with Gasteiger partial charge >= 0.3 is 0 Å². The molecule has 38 heavy (non-hydrogen) atoms. The second-order valence-electron chi connectivity index (χ2n) is 9.15. The molecule has 1 atom stereocenters. The largest absolute Gasteiger partial charge is 0.324 e. The number of nitrogens with zero attached hydrogens (tertiary/aromatic N) is 4. The van der Waals surface area contributed by atoms with E-state index in [4.69, 9.17) is 16.6 Å². The van der Waals surface area contributed by atoms with Gasteiger partial charge in [-0.2, -0.15) is 0 Å². The smallest absolute Gasteiger partial charge is 0.233 e. The lowest BCUT2D eigenvalue weighted by Crippen LogP contribution is -2.48. The summed E-state index contributed by atoms with van der Waals surface area (Å²) >= 11 is 9.89. The fourth-order valence-corrected chi connectivity index (χ4v) is 7.16. The molecule has 2 saturated heterocycles. The highest BCUT2D eigenvalue weighted by Gasteiger charge is 2.35. The number of thiazole rings is 1. The van der Waals surface area contributed by atoms with Gasteiger partial charge in [0.15, 0.2) is 0 Å². The zero-order valence-electron chi connectivity index (χ0n) is 23.2. The lowest BCUT2D eigenvalue weighted by molar-refractivity contribution is -0.128. The molecule has 2 fully saturated rings. The number of rotatable bonds is 10. The quantitative estimate of drug-likeness (QED) is 0.285. The average Bonchev–Trinajstić information content (AvgIpc) is 3.54. The topological polar surface area (TPSA) is 39.7 Å². The van der Waals surface area contributed by atoms with Crippen molar-refractivity contribution in [2.75, 3.05) is 45.0 Å². The number of carbonyl (C=O) groups excluding carboxylic acids is 1. The normalized spacial score (nSPS) is 19.2. The molecule has 5 nitrogen and oxygen atoms in total. The molecule has 1 unspecified atom stereocenters. The van der Waals surface area contributed by atoms with Gasteiger partial charge in [-0.25, -0.2) is 4.98 Å². The zero-order valence-corrected chi connectivity index (χ0v) is 25.5. The molecule has 0 radical (unpaired) electrons. The van der Waals surface area contributed by atoms with Crippen LogP contribution in [0.25, 0.3) is 5.57 Å². The third kappa shape index (κ3) is 8.06. The van der Waals surface area contributed by atoms with Crippen LogP contribution in [-0.2, 0) is 11.3 Å². The summed E-state index contributed by atoms with van der Waals surface area (Å²) in [6.45, 7) is 18.7. The van der Waals surface area contributed by atoms with Crippen molar-refractivity contribution in [3.05, 3.63) is 81.3 Å². The third-order valence-electron chi connectivity index (χ3n) is 6.66. The van der Waals surface area contributed by atoms with Crippen molar-refractivity contribution in [3.8, 4) is 0 Å². The second-order valence-corrected chi connectivity index (χ2v) is 11.5. The van der Waals surface area contributed by atoms with E-state index in [1.54, 1.807) is 23.1 Å². The Balaban J connectivity index is 0.00000195. The summed E-state index contributed by atoms with van der Waals surface area (Å²) in [6, 6.07) is 5.97. The number of hydrogen-bond donors (Lipinski definition) is 0. The van der Waals surface area contributed by atoms with Gasteiger partial charge < -0.3 is 4.90 Å². The minimum Gasteiger partial charge on any atom is -0.324 e. The van der Waals surface area contributed by atoms with Crippen molar-refractivity contribution in [1.29, 1.82) is 0 Å². The Bertz CT molecular complexity index is 1100. The molecular formula is C30H41ClN4OS2.